The van der Waals surface area contributed by atoms with E-state index in [1.165, 1.54) is 12.1 Å². The Labute approximate surface area is 151 Å². The second kappa shape index (κ2) is 8.37. The number of imide groups is 2. The van der Waals surface area contributed by atoms with Gasteiger partial charge in [0.25, 0.3) is 0 Å². The van der Waals surface area contributed by atoms with Gasteiger partial charge in [0.2, 0.25) is 11.8 Å². The van der Waals surface area contributed by atoms with E-state index >= 15 is 0 Å². The standard InChI is InChI=1S/C18H22FN3O4/c19-15-3-1-14(2-4-15)5-6-21-16(23)13-17(24)22(18(21)25)8-7-20-9-11-26-12-10-20/h1-4H,5-13H2. The molecule has 2 heterocycles. The van der Waals surface area contributed by atoms with E-state index in [9.17, 15) is 18.8 Å². The minimum Gasteiger partial charge on any atom is -0.379 e. The molecule has 2 saturated heterocycles. The van der Waals surface area contributed by atoms with Crippen LogP contribution < -0.4 is 0 Å². The molecule has 2 aliphatic rings. The van der Waals surface area contributed by atoms with Crippen LogP contribution >= 0.6 is 0 Å². The third kappa shape index (κ3) is 4.44. The normalized spacial score (nSPS) is 19.3. The number of carbonyl (C=O) groups excluding carboxylic acids is 3. The highest BCUT2D eigenvalue weighted by Crippen LogP contribution is 2.14. The quantitative estimate of drug-likeness (QED) is 0.702. The Morgan fingerprint density at radius 2 is 1.50 bits per heavy atom. The van der Waals surface area contributed by atoms with Crippen LogP contribution in [-0.2, 0) is 20.7 Å². The van der Waals surface area contributed by atoms with Crippen molar-refractivity contribution in [3.63, 3.8) is 0 Å². The molecule has 7 nitrogen and oxygen atoms in total. The second-order valence-electron chi connectivity index (χ2n) is 6.38. The summed E-state index contributed by atoms with van der Waals surface area (Å²) in [5, 5.41) is 0. The molecule has 0 aliphatic carbocycles. The first-order valence-corrected chi connectivity index (χ1v) is 8.74. The van der Waals surface area contributed by atoms with Gasteiger partial charge < -0.3 is 4.74 Å². The van der Waals surface area contributed by atoms with Gasteiger partial charge in [-0.1, -0.05) is 12.1 Å². The van der Waals surface area contributed by atoms with Crippen LogP contribution in [0, 0.1) is 5.82 Å². The number of nitrogens with zero attached hydrogens (tertiary/aromatic N) is 3. The molecule has 0 radical (unpaired) electrons. The molecule has 140 valence electrons. The van der Waals surface area contributed by atoms with Crippen LogP contribution in [0.1, 0.15) is 12.0 Å². The fourth-order valence-electron chi connectivity index (χ4n) is 3.08. The van der Waals surface area contributed by atoms with Crippen LogP contribution in [0.2, 0.25) is 0 Å². The van der Waals surface area contributed by atoms with Gasteiger partial charge in [0.1, 0.15) is 12.2 Å². The summed E-state index contributed by atoms with van der Waals surface area (Å²) >= 11 is 0. The molecule has 26 heavy (non-hydrogen) atoms. The van der Waals surface area contributed by atoms with Crippen LogP contribution in [0.4, 0.5) is 9.18 Å². The van der Waals surface area contributed by atoms with Crippen molar-refractivity contribution in [1.29, 1.82) is 0 Å². The summed E-state index contributed by atoms with van der Waals surface area (Å²) in [5.41, 5.74) is 0.823. The second-order valence-corrected chi connectivity index (χ2v) is 6.38. The molecule has 2 fully saturated rings. The third-order valence-corrected chi connectivity index (χ3v) is 4.65. The third-order valence-electron chi connectivity index (χ3n) is 4.65. The first kappa shape index (κ1) is 18.5. The molecular formula is C18H22FN3O4. The lowest BCUT2D eigenvalue weighted by molar-refractivity contribution is -0.142. The van der Waals surface area contributed by atoms with Gasteiger partial charge in [-0.15, -0.1) is 0 Å². The van der Waals surface area contributed by atoms with Crippen molar-refractivity contribution in [2.24, 2.45) is 0 Å². The van der Waals surface area contributed by atoms with Crippen LogP contribution in [0.15, 0.2) is 24.3 Å². The summed E-state index contributed by atoms with van der Waals surface area (Å²) in [6.07, 6.45) is 0.127. The zero-order chi connectivity index (χ0) is 18.5. The molecular weight excluding hydrogens is 341 g/mol. The molecule has 0 saturated carbocycles. The minimum atomic E-state index is -0.568. The molecule has 0 atom stereocenters. The van der Waals surface area contributed by atoms with E-state index < -0.39 is 17.8 Å². The van der Waals surface area contributed by atoms with E-state index in [2.05, 4.69) is 4.90 Å². The summed E-state index contributed by atoms with van der Waals surface area (Å²) in [6, 6.07) is 5.35. The summed E-state index contributed by atoms with van der Waals surface area (Å²) in [5.74, 6) is -1.27. The number of morpholine rings is 1. The maximum absolute atomic E-state index is 13.0. The van der Waals surface area contributed by atoms with E-state index in [1.807, 2.05) is 0 Å². The highest BCUT2D eigenvalue weighted by Gasteiger charge is 2.37. The first-order chi connectivity index (χ1) is 12.5. The summed E-state index contributed by atoms with van der Waals surface area (Å²) in [6.45, 7) is 3.82. The fraction of sp³-hybridized carbons (Fsp3) is 0.500. The number of ether oxygens (including phenoxy) is 1. The van der Waals surface area contributed by atoms with Gasteiger partial charge in [-0.05, 0) is 24.1 Å². The Hall–Kier alpha value is -2.32. The molecule has 8 heteroatoms. The van der Waals surface area contributed by atoms with E-state index in [0.29, 0.717) is 26.2 Å². The smallest absolute Gasteiger partial charge is 0.333 e. The lowest BCUT2D eigenvalue weighted by atomic mass is 10.1. The lowest BCUT2D eigenvalue weighted by Gasteiger charge is -2.34. The number of rotatable bonds is 6. The summed E-state index contributed by atoms with van der Waals surface area (Å²) in [7, 11) is 0. The zero-order valence-corrected chi connectivity index (χ0v) is 14.5. The van der Waals surface area contributed by atoms with Crippen molar-refractivity contribution in [2.75, 3.05) is 45.9 Å². The lowest BCUT2D eigenvalue weighted by Crippen LogP contribution is -2.57. The average molecular weight is 363 g/mol. The van der Waals surface area contributed by atoms with Crippen molar-refractivity contribution >= 4 is 17.8 Å². The first-order valence-electron chi connectivity index (χ1n) is 8.74. The van der Waals surface area contributed by atoms with Crippen LogP contribution in [0.3, 0.4) is 0 Å². The highest BCUT2D eigenvalue weighted by molar-refractivity contribution is 6.14. The molecule has 3 rings (SSSR count). The summed E-state index contributed by atoms with van der Waals surface area (Å²) in [4.78, 5) is 41.2. The predicted molar refractivity (Wildman–Crippen MR) is 90.8 cm³/mol. The number of hydrogen-bond donors (Lipinski definition) is 0. The zero-order valence-electron chi connectivity index (χ0n) is 14.5. The summed E-state index contributed by atoms with van der Waals surface area (Å²) < 4.78 is 18.2. The number of urea groups is 1. The average Bonchev–Trinajstić information content (AvgIpc) is 2.63. The Kier molecular flexibility index (Phi) is 5.95. The van der Waals surface area contributed by atoms with Gasteiger partial charge >= 0.3 is 6.03 Å². The maximum atomic E-state index is 13.0. The number of benzene rings is 1. The van der Waals surface area contributed by atoms with E-state index in [1.54, 1.807) is 12.1 Å². The van der Waals surface area contributed by atoms with E-state index in [-0.39, 0.29) is 25.3 Å². The topological polar surface area (TPSA) is 70.2 Å². The molecule has 0 unspecified atom stereocenters. The van der Waals surface area contributed by atoms with Crippen LogP contribution in [0.5, 0.6) is 0 Å². The van der Waals surface area contributed by atoms with E-state index in [0.717, 1.165) is 28.5 Å². The molecule has 0 bridgehead atoms. The number of carbonyl (C=O) groups is 3. The van der Waals surface area contributed by atoms with Crippen molar-refractivity contribution in [3.8, 4) is 0 Å². The monoisotopic (exact) mass is 363 g/mol. The molecule has 0 spiro atoms. The molecule has 2 aliphatic heterocycles. The molecule has 0 aromatic heterocycles. The van der Waals surface area contributed by atoms with Crippen LogP contribution in [0.25, 0.3) is 0 Å². The highest BCUT2D eigenvalue weighted by atomic mass is 19.1. The molecule has 1 aromatic carbocycles. The Bertz CT molecular complexity index is 674. The van der Waals surface area contributed by atoms with Gasteiger partial charge in [0, 0.05) is 32.7 Å². The number of barbiturate groups is 1. The van der Waals surface area contributed by atoms with Crippen molar-refractivity contribution in [1.82, 2.24) is 14.7 Å². The van der Waals surface area contributed by atoms with Gasteiger partial charge in [0.05, 0.1) is 13.2 Å². The number of hydrogen-bond acceptors (Lipinski definition) is 5. The molecule has 1 aromatic rings. The molecule has 0 N–H and O–H groups in total. The van der Waals surface area contributed by atoms with Crippen LogP contribution in [-0.4, -0.2) is 78.5 Å². The van der Waals surface area contributed by atoms with E-state index in [4.69, 9.17) is 4.74 Å². The Morgan fingerprint density at radius 3 is 2.15 bits per heavy atom. The number of amides is 4. The van der Waals surface area contributed by atoms with Crippen molar-refractivity contribution in [3.05, 3.63) is 35.6 Å². The van der Waals surface area contributed by atoms with Gasteiger partial charge in [0.15, 0.2) is 0 Å². The number of halogens is 1. The molecule has 4 amide bonds. The fourth-order valence-corrected chi connectivity index (χ4v) is 3.08. The van der Waals surface area contributed by atoms with Gasteiger partial charge in [-0.3, -0.25) is 24.3 Å². The van der Waals surface area contributed by atoms with Gasteiger partial charge in [-0.25, -0.2) is 9.18 Å². The minimum absolute atomic E-state index is 0.171. The maximum Gasteiger partial charge on any atom is 0.333 e. The van der Waals surface area contributed by atoms with Gasteiger partial charge in [-0.2, -0.15) is 0 Å². The predicted octanol–water partition coefficient (Wildman–Crippen LogP) is 0.881. The Morgan fingerprint density at radius 1 is 0.885 bits per heavy atom. The largest absolute Gasteiger partial charge is 0.379 e. The van der Waals surface area contributed by atoms with Crippen molar-refractivity contribution < 1.29 is 23.5 Å². The Balaban J connectivity index is 1.58. The SMILES string of the molecule is O=C1CC(=O)N(CCN2CCOCC2)C(=O)N1CCc1ccc(F)cc1. The van der Waals surface area contributed by atoms with Crippen molar-refractivity contribution in [2.45, 2.75) is 12.8 Å².